The number of hydrogen-bond donors (Lipinski definition) is 2. The van der Waals surface area contributed by atoms with E-state index in [2.05, 4.69) is 15.5 Å². The summed E-state index contributed by atoms with van der Waals surface area (Å²) in [5.74, 6) is 0.169. The van der Waals surface area contributed by atoms with Gasteiger partial charge in [-0.1, -0.05) is 0 Å². The predicted molar refractivity (Wildman–Crippen MR) is 68.4 cm³/mol. The van der Waals surface area contributed by atoms with E-state index in [-0.39, 0.29) is 12.5 Å². The van der Waals surface area contributed by atoms with Crippen LogP contribution in [0.2, 0.25) is 0 Å². The third-order valence-electron chi connectivity index (χ3n) is 2.44. The topological polar surface area (TPSA) is 88.2 Å². The normalized spacial score (nSPS) is 11.3. The zero-order chi connectivity index (χ0) is 13.9. The van der Waals surface area contributed by atoms with Crippen molar-refractivity contribution in [2.75, 3.05) is 6.54 Å². The Morgan fingerprint density at radius 3 is 2.58 bits per heavy atom. The first kappa shape index (κ1) is 13.2. The van der Waals surface area contributed by atoms with Crippen LogP contribution in [0, 0.1) is 0 Å². The molecular weight excluding hydrogens is 246 g/mol. The smallest absolute Gasteiger partial charge is 0.251 e. The Balaban J connectivity index is 2.04. The monoisotopic (exact) mass is 261 g/mol. The average molecular weight is 261 g/mol. The van der Waals surface area contributed by atoms with Gasteiger partial charge in [0.15, 0.2) is 0 Å². The van der Waals surface area contributed by atoms with Crippen LogP contribution in [0.3, 0.4) is 0 Å². The summed E-state index contributed by atoms with van der Waals surface area (Å²) in [5.41, 5.74) is 0.323. The maximum absolute atomic E-state index is 11.8. The Bertz CT molecular complexity index is 542. The molecule has 0 aliphatic rings. The maximum atomic E-state index is 11.8. The highest BCUT2D eigenvalue weighted by Gasteiger charge is 2.15. The third kappa shape index (κ3) is 3.62. The standard InChI is InChI=1S/C13H15N3O3/c1-13(2,18)7-14-11(17)9-3-5-10(6-4-9)12-16-15-8-19-12/h3-6,8,18H,7H2,1-2H3,(H,14,17). The molecule has 0 bridgehead atoms. The van der Waals surface area contributed by atoms with Crippen molar-refractivity contribution in [2.45, 2.75) is 19.4 Å². The third-order valence-corrected chi connectivity index (χ3v) is 2.44. The van der Waals surface area contributed by atoms with E-state index >= 15 is 0 Å². The second kappa shape index (κ2) is 5.19. The number of carbonyl (C=O) groups excluding carboxylic acids is 1. The van der Waals surface area contributed by atoms with Crippen LogP contribution in [0.4, 0.5) is 0 Å². The number of carbonyl (C=O) groups is 1. The fraction of sp³-hybridized carbons (Fsp3) is 0.308. The summed E-state index contributed by atoms with van der Waals surface area (Å²) in [6.07, 6.45) is 1.25. The van der Waals surface area contributed by atoms with Gasteiger partial charge < -0.3 is 14.8 Å². The molecule has 0 aliphatic carbocycles. The maximum Gasteiger partial charge on any atom is 0.251 e. The number of rotatable bonds is 4. The lowest BCUT2D eigenvalue weighted by atomic mass is 10.1. The molecule has 2 N–H and O–H groups in total. The van der Waals surface area contributed by atoms with E-state index in [9.17, 15) is 9.90 Å². The number of hydrogen-bond acceptors (Lipinski definition) is 5. The minimum atomic E-state index is -0.931. The van der Waals surface area contributed by atoms with Crippen molar-refractivity contribution in [1.29, 1.82) is 0 Å². The van der Waals surface area contributed by atoms with E-state index in [0.717, 1.165) is 5.56 Å². The summed E-state index contributed by atoms with van der Waals surface area (Å²) < 4.78 is 5.06. The summed E-state index contributed by atoms with van der Waals surface area (Å²) in [6, 6.07) is 6.79. The molecule has 0 spiro atoms. The van der Waals surface area contributed by atoms with Crippen LogP contribution in [-0.2, 0) is 0 Å². The van der Waals surface area contributed by atoms with Crippen molar-refractivity contribution in [3.63, 3.8) is 0 Å². The second-order valence-electron chi connectivity index (χ2n) is 4.82. The van der Waals surface area contributed by atoms with E-state index in [1.807, 2.05) is 0 Å². The number of nitrogens with one attached hydrogen (secondary N) is 1. The molecule has 1 aromatic heterocycles. The Morgan fingerprint density at radius 1 is 1.37 bits per heavy atom. The number of benzene rings is 1. The molecule has 0 radical (unpaired) electrons. The summed E-state index contributed by atoms with van der Waals surface area (Å²) >= 11 is 0. The van der Waals surface area contributed by atoms with Crippen molar-refractivity contribution in [2.24, 2.45) is 0 Å². The minimum absolute atomic E-state index is 0.192. The summed E-state index contributed by atoms with van der Waals surface area (Å²) in [4.78, 5) is 11.8. The van der Waals surface area contributed by atoms with Gasteiger partial charge in [-0.3, -0.25) is 4.79 Å². The van der Waals surface area contributed by atoms with Gasteiger partial charge in [0.1, 0.15) is 0 Å². The minimum Gasteiger partial charge on any atom is -0.423 e. The van der Waals surface area contributed by atoms with E-state index in [1.54, 1.807) is 38.1 Å². The first-order valence-corrected chi connectivity index (χ1v) is 5.83. The molecule has 19 heavy (non-hydrogen) atoms. The molecule has 100 valence electrons. The lowest BCUT2D eigenvalue weighted by Gasteiger charge is -2.17. The molecule has 1 heterocycles. The average Bonchev–Trinajstić information content (AvgIpc) is 2.89. The molecule has 0 aliphatic heterocycles. The van der Waals surface area contributed by atoms with Gasteiger partial charge in [-0.2, -0.15) is 0 Å². The number of aliphatic hydroxyl groups is 1. The van der Waals surface area contributed by atoms with Crippen molar-refractivity contribution in [1.82, 2.24) is 15.5 Å². The summed E-state index contributed by atoms with van der Waals surface area (Å²) in [7, 11) is 0. The van der Waals surface area contributed by atoms with Gasteiger partial charge in [-0.15, -0.1) is 10.2 Å². The van der Waals surface area contributed by atoms with E-state index in [4.69, 9.17) is 4.42 Å². The predicted octanol–water partition coefficient (Wildman–Crippen LogP) is 1.24. The molecule has 2 aromatic rings. The Kier molecular flexibility index (Phi) is 3.62. The van der Waals surface area contributed by atoms with Crippen molar-refractivity contribution >= 4 is 5.91 Å². The van der Waals surface area contributed by atoms with Gasteiger partial charge in [0.25, 0.3) is 5.91 Å². The van der Waals surface area contributed by atoms with Crippen LogP contribution in [0.15, 0.2) is 35.1 Å². The number of nitrogens with zero attached hydrogens (tertiary/aromatic N) is 2. The van der Waals surface area contributed by atoms with Crippen molar-refractivity contribution in [3.05, 3.63) is 36.2 Å². The fourth-order valence-corrected chi connectivity index (χ4v) is 1.46. The Morgan fingerprint density at radius 2 is 2.05 bits per heavy atom. The molecule has 6 nitrogen and oxygen atoms in total. The van der Waals surface area contributed by atoms with Gasteiger partial charge in [0.2, 0.25) is 12.3 Å². The molecule has 1 aromatic carbocycles. The van der Waals surface area contributed by atoms with Gasteiger partial charge >= 0.3 is 0 Å². The lowest BCUT2D eigenvalue weighted by Crippen LogP contribution is -2.38. The molecule has 6 heteroatoms. The van der Waals surface area contributed by atoms with Gasteiger partial charge in [-0.25, -0.2) is 0 Å². The van der Waals surface area contributed by atoms with E-state index in [1.165, 1.54) is 6.39 Å². The van der Waals surface area contributed by atoms with E-state index < -0.39 is 5.60 Å². The highest BCUT2D eigenvalue weighted by molar-refractivity contribution is 5.94. The first-order chi connectivity index (χ1) is 8.96. The largest absolute Gasteiger partial charge is 0.423 e. The number of amides is 1. The summed E-state index contributed by atoms with van der Waals surface area (Å²) in [5, 5.41) is 19.6. The lowest BCUT2D eigenvalue weighted by molar-refractivity contribution is 0.0694. The molecule has 0 saturated heterocycles. The van der Waals surface area contributed by atoms with Crippen molar-refractivity contribution in [3.8, 4) is 11.5 Å². The second-order valence-corrected chi connectivity index (χ2v) is 4.82. The first-order valence-electron chi connectivity index (χ1n) is 5.83. The Hall–Kier alpha value is -2.21. The Labute approximate surface area is 110 Å². The summed E-state index contributed by atoms with van der Waals surface area (Å²) in [6.45, 7) is 3.45. The molecular formula is C13H15N3O3. The van der Waals surface area contributed by atoms with Crippen molar-refractivity contribution < 1.29 is 14.3 Å². The zero-order valence-electron chi connectivity index (χ0n) is 10.8. The van der Waals surface area contributed by atoms with Gasteiger partial charge in [-0.05, 0) is 38.1 Å². The number of aromatic nitrogens is 2. The van der Waals surface area contributed by atoms with Crippen LogP contribution in [-0.4, -0.2) is 33.4 Å². The quantitative estimate of drug-likeness (QED) is 0.864. The highest BCUT2D eigenvalue weighted by atomic mass is 16.4. The zero-order valence-corrected chi connectivity index (χ0v) is 10.8. The molecule has 1 amide bonds. The van der Waals surface area contributed by atoms with Crippen LogP contribution >= 0.6 is 0 Å². The van der Waals surface area contributed by atoms with E-state index in [0.29, 0.717) is 11.5 Å². The molecule has 0 fully saturated rings. The van der Waals surface area contributed by atoms with Gasteiger partial charge in [0, 0.05) is 17.7 Å². The highest BCUT2D eigenvalue weighted by Crippen LogP contribution is 2.16. The SMILES string of the molecule is CC(C)(O)CNC(=O)c1ccc(-c2nnco2)cc1. The molecule has 0 saturated carbocycles. The molecule has 0 unspecified atom stereocenters. The van der Waals surface area contributed by atoms with Gasteiger partial charge in [0.05, 0.1) is 5.60 Å². The van der Waals surface area contributed by atoms with Crippen LogP contribution in [0.25, 0.3) is 11.5 Å². The molecule has 2 rings (SSSR count). The van der Waals surface area contributed by atoms with Crippen LogP contribution in [0.5, 0.6) is 0 Å². The molecule has 0 atom stereocenters. The van der Waals surface area contributed by atoms with Crippen LogP contribution in [0.1, 0.15) is 24.2 Å². The van der Waals surface area contributed by atoms with Crippen LogP contribution < -0.4 is 5.32 Å². The fourth-order valence-electron chi connectivity index (χ4n) is 1.46.